The molecule has 1 heterocycles. The second-order valence-electron chi connectivity index (χ2n) is 3.88. The van der Waals surface area contributed by atoms with Gasteiger partial charge in [-0.05, 0) is 11.6 Å². The van der Waals surface area contributed by atoms with Crippen LogP contribution >= 0.6 is 0 Å². The van der Waals surface area contributed by atoms with E-state index < -0.39 is 18.4 Å². The number of allylic oxidation sites excluding steroid dienone is 1. The molecule has 1 aliphatic rings. The van der Waals surface area contributed by atoms with Crippen molar-refractivity contribution in [1.29, 1.82) is 0 Å². The Hall–Kier alpha value is -1.82. The Morgan fingerprint density at radius 3 is 2.44 bits per heavy atom. The molecular formula is C12H10F3NO2. The summed E-state index contributed by atoms with van der Waals surface area (Å²) in [5, 5.41) is 12.4. The van der Waals surface area contributed by atoms with Crippen molar-refractivity contribution in [2.75, 3.05) is 0 Å². The fourth-order valence-corrected chi connectivity index (χ4v) is 1.44. The van der Waals surface area contributed by atoms with Crippen LogP contribution in [0.1, 0.15) is 12.0 Å². The van der Waals surface area contributed by atoms with Crippen molar-refractivity contribution < 1.29 is 23.1 Å². The minimum absolute atomic E-state index is 0.0404. The van der Waals surface area contributed by atoms with Crippen LogP contribution < -0.4 is 0 Å². The summed E-state index contributed by atoms with van der Waals surface area (Å²) in [4.78, 5) is 4.07. The normalized spacial score (nSPS) is 24.1. The maximum Gasteiger partial charge on any atom is 0.458 e. The standard InChI is InChI=1S/C12H10F3NO2/c13-12(14,15)11(17)8-10(16-18-11)7-6-9-4-2-1-3-5-9/h1-7,17H,8H2/b7-6+/t11-/m1/s1. The number of hydrogen-bond donors (Lipinski definition) is 1. The number of rotatable bonds is 2. The van der Waals surface area contributed by atoms with Gasteiger partial charge in [-0.2, -0.15) is 13.2 Å². The second kappa shape index (κ2) is 4.45. The van der Waals surface area contributed by atoms with Gasteiger partial charge in [-0.1, -0.05) is 41.6 Å². The van der Waals surface area contributed by atoms with E-state index in [4.69, 9.17) is 0 Å². The van der Waals surface area contributed by atoms with Crippen LogP contribution in [0.4, 0.5) is 13.2 Å². The van der Waals surface area contributed by atoms with Gasteiger partial charge in [0.2, 0.25) is 0 Å². The number of alkyl halides is 3. The van der Waals surface area contributed by atoms with Gasteiger partial charge < -0.3 is 9.94 Å². The molecule has 1 aromatic carbocycles. The Kier molecular flexibility index (Phi) is 3.13. The molecule has 0 aromatic heterocycles. The summed E-state index contributed by atoms with van der Waals surface area (Å²) in [6, 6.07) is 9.03. The van der Waals surface area contributed by atoms with Crippen molar-refractivity contribution in [2.24, 2.45) is 5.16 Å². The molecule has 0 amide bonds. The van der Waals surface area contributed by atoms with E-state index in [1.807, 2.05) is 6.07 Å². The third-order valence-corrected chi connectivity index (χ3v) is 2.45. The first-order valence-electron chi connectivity index (χ1n) is 5.18. The van der Waals surface area contributed by atoms with Crippen molar-refractivity contribution in [3.05, 3.63) is 42.0 Å². The molecule has 96 valence electrons. The van der Waals surface area contributed by atoms with Gasteiger partial charge in [0.05, 0.1) is 12.1 Å². The van der Waals surface area contributed by atoms with Crippen LogP contribution in [-0.2, 0) is 4.84 Å². The average Bonchev–Trinajstić information content (AvgIpc) is 2.71. The molecule has 18 heavy (non-hydrogen) atoms. The molecule has 0 fully saturated rings. The van der Waals surface area contributed by atoms with Gasteiger partial charge in [-0.3, -0.25) is 0 Å². The largest absolute Gasteiger partial charge is 0.458 e. The van der Waals surface area contributed by atoms with Crippen LogP contribution in [0.15, 0.2) is 41.6 Å². The molecule has 1 aliphatic heterocycles. The Morgan fingerprint density at radius 2 is 1.89 bits per heavy atom. The molecular weight excluding hydrogens is 247 g/mol. The number of halogens is 3. The Morgan fingerprint density at radius 1 is 1.22 bits per heavy atom. The van der Waals surface area contributed by atoms with E-state index >= 15 is 0 Å². The molecule has 0 aliphatic carbocycles. The van der Waals surface area contributed by atoms with E-state index in [-0.39, 0.29) is 5.71 Å². The molecule has 1 atom stereocenters. The first-order chi connectivity index (χ1) is 8.41. The zero-order valence-electron chi connectivity index (χ0n) is 9.19. The first kappa shape index (κ1) is 12.6. The van der Waals surface area contributed by atoms with E-state index in [1.54, 1.807) is 30.3 Å². The smallest absolute Gasteiger partial charge is 0.350 e. The topological polar surface area (TPSA) is 41.8 Å². The van der Waals surface area contributed by atoms with Gasteiger partial charge in [0, 0.05) is 0 Å². The van der Waals surface area contributed by atoms with Gasteiger partial charge in [-0.25, -0.2) is 0 Å². The molecule has 0 bridgehead atoms. The minimum Gasteiger partial charge on any atom is -0.350 e. The third-order valence-electron chi connectivity index (χ3n) is 2.45. The van der Waals surface area contributed by atoms with Crippen LogP contribution in [0.5, 0.6) is 0 Å². The maximum absolute atomic E-state index is 12.4. The Bertz CT molecular complexity index is 482. The summed E-state index contributed by atoms with van der Waals surface area (Å²) >= 11 is 0. The Labute approximate surface area is 101 Å². The lowest BCUT2D eigenvalue weighted by Crippen LogP contribution is -2.45. The van der Waals surface area contributed by atoms with Gasteiger partial charge >= 0.3 is 12.0 Å². The molecule has 0 saturated heterocycles. The van der Waals surface area contributed by atoms with Crippen LogP contribution in [0.25, 0.3) is 6.08 Å². The monoisotopic (exact) mass is 257 g/mol. The average molecular weight is 257 g/mol. The van der Waals surface area contributed by atoms with Crippen LogP contribution in [0, 0.1) is 0 Å². The van der Waals surface area contributed by atoms with Crippen molar-refractivity contribution in [1.82, 2.24) is 0 Å². The van der Waals surface area contributed by atoms with E-state index in [2.05, 4.69) is 9.99 Å². The van der Waals surface area contributed by atoms with Crippen molar-refractivity contribution >= 4 is 11.8 Å². The highest BCUT2D eigenvalue weighted by Crippen LogP contribution is 2.37. The molecule has 6 heteroatoms. The third kappa shape index (κ3) is 2.53. The maximum atomic E-state index is 12.4. The molecule has 1 aromatic rings. The Balaban J connectivity index is 2.04. The van der Waals surface area contributed by atoms with Gasteiger partial charge in [0.15, 0.2) is 0 Å². The molecule has 0 spiro atoms. The van der Waals surface area contributed by atoms with Crippen LogP contribution in [0.2, 0.25) is 0 Å². The van der Waals surface area contributed by atoms with E-state index in [1.165, 1.54) is 6.08 Å². The fraction of sp³-hybridized carbons (Fsp3) is 0.250. The second-order valence-corrected chi connectivity index (χ2v) is 3.88. The molecule has 3 nitrogen and oxygen atoms in total. The summed E-state index contributed by atoms with van der Waals surface area (Å²) in [6.07, 6.45) is -2.58. The highest BCUT2D eigenvalue weighted by Gasteiger charge is 2.60. The number of oxime groups is 1. The van der Waals surface area contributed by atoms with Gasteiger partial charge in [0.25, 0.3) is 0 Å². The van der Waals surface area contributed by atoms with Crippen molar-refractivity contribution in [3.63, 3.8) is 0 Å². The van der Waals surface area contributed by atoms with Gasteiger partial charge in [0.1, 0.15) is 0 Å². The molecule has 0 unspecified atom stereocenters. The van der Waals surface area contributed by atoms with E-state index in [0.29, 0.717) is 0 Å². The first-order valence-corrected chi connectivity index (χ1v) is 5.18. The quantitative estimate of drug-likeness (QED) is 0.885. The van der Waals surface area contributed by atoms with Crippen molar-refractivity contribution in [2.45, 2.75) is 18.4 Å². The number of aliphatic hydroxyl groups is 1. The summed E-state index contributed by atoms with van der Waals surface area (Å²) in [5.74, 6) is -3.20. The number of hydrogen-bond acceptors (Lipinski definition) is 3. The summed E-state index contributed by atoms with van der Waals surface area (Å²) in [6.45, 7) is 0. The summed E-state index contributed by atoms with van der Waals surface area (Å²) in [7, 11) is 0. The van der Waals surface area contributed by atoms with E-state index in [9.17, 15) is 18.3 Å². The highest BCUT2D eigenvalue weighted by atomic mass is 19.4. The molecule has 1 N–H and O–H groups in total. The van der Waals surface area contributed by atoms with E-state index in [0.717, 1.165) is 5.56 Å². The highest BCUT2D eigenvalue weighted by molar-refractivity contribution is 5.99. The number of benzene rings is 1. The van der Waals surface area contributed by atoms with Crippen LogP contribution in [0.3, 0.4) is 0 Å². The lowest BCUT2D eigenvalue weighted by molar-refractivity contribution is -0.355. The zero-order valence-corrected chi connectivity index (χ0v) is 9.19. The SMILES string of the molecule is O[C@]1(C(F)(F)F)CC(/C=C/c2ccccc2)=NO1. The summed E-state index contributed by atoms with van der Waals surface area (Å²) in [5.41, 5.74) is 0.862. The lowest BCUT2D eigenvalue weighted by atomic mass is 10.1. The zero-order chi connectivity index (χ0) is 13.2. The summed E-state index contributed by atoms with van der Waals surface area (Å²) < 4.78 is 37.2. The van der Waals surface area contributed by atoms with Crippen molar-refractivity contribution in [3.8, 4) is 0 Å². The predicted octanol–water partition coefficient (Wildman–Crippen LogP) is 2.73. The van der Waals surface area contributed by atoms with Crippen LogP contribution in [-0.4, -0.2) is 22.8 Å². The lowest BCUT2D eigenvalue weighted by Gasteiger charge is -2.22. The molecule has 0 radical (unpaired) electrons. The molecule has 2 rings (SSSR count). The van der Waals surface area contributed by atoms with Gasteiger partial charge in [-0.15, -0.1) is 0 Å². The molecule has 0 saturated carbocycles. The minimum atomic E-state index is -4.86. The fourth-order valence-electron chi connectivity index (χ4n) is 1.44. The predicted molar refractivity (Wildman–Crippen MR) is 59.6 cm³/mol. The number of nitrogens with zero attached hydrogens (tertiary/aromatic N) is 1.